The summed E-state index contributed by atoms with van der Waals surface area (Å²) < 4.78 is 18.5. The van der Waals surface area contributed by atoms with Crippen LogP contribution in [-0.2, 0) is 9.53 Å². The van der Waals surface area contributed by atoms with Gasteiger partial charge < -0.3 is 10.1 Å². The van der Waals surface area contributed by atoms with Gasteiger partial charge in [0.1, 0.15) is 17.4 Å². The Bertz CT molecular complexity index is 490. The van der Waals surface area contributed by atoms with Crippen molar-refractivity contribution in [1.82, 2.24) is 0 Å². The molecule has 1 aromatic carbocycles. The maximum atomic E-state index is 13.3. The molecule has 1 fully saturated rings. The molecular weight excluding hydrogens is 235 g/mol. The standard InChI is InChI=1S/C13H13FN2O2/c14-11-2-1-3-12(10(11)8-15)16-13(17)9-4-6-18-7-5-9/h1-3,9H,4-7H2,(H,16,17). The highest BCUT2D eigenvalue weighted by Gasteiger charge is 2.22. The molecule has 0 aromatic heterocycles. The molecule has 0 radical (unpaired) electrons. The van der Waals surface area contributed by atoms with E-state index in [-0.39, 0.29) is 23.1 Å². The quantitative estimate of drug-likeness (QED) is 0.871. The number of carbonyl (C=O) groups excluding carboxylic acids is 1. The van der Waals surface area contributed by atoms with Gasteiger partial charge in [0.25, 0.3) is 0 Å². The molecule has 1 saturated heterocycles. The minimum absolute atomic E-state index is 0.127. The van der Waals surface area contributed by atoms with Gasteiger partial charge in [0.05, 0.1) is 5.69 Å². The van der Waals surface area contributed by atoms with Gasteiger partial charge in [-0.25, -0.2) is 4.39 Å². The molecule has 5 heteroatoms. The molecule has 1 aliphatic heterocycles. The first-order valence-electron chi connectivity index (χ1n) is 5.79. The summed E-state index contributed by atoms with van der Waals surface area (Å²) in [5, 5.41) is 11.5. The van der Waals surface area contributed by atoms with Crippen LogP contribution in [0.25, 0.3) is 0 Å². The van der Waals surface area contributed by atoms with E-state index in [1.54, 1.807) is 6.07 Å². The minimum Gasteiger partial charge on any atom is -0.381 e. The van der Waals surface area contributed by atoms with Crippen LogP contribution in [0.15, 0.2) is 18.2 Å². The summed E-state index contributed by atoms with van der Waals surface area (Å²) in [4.78, 5) is 11.9. The van der Waals surface area contributed by atoms with Crippen molar-refractivity contribution in [3.8, 4) is 6.07 Å². The number of ether oxygens (including phenoxy) is 1. The van der Waals surface area contributed by atoms with Crippen molar-refractivity contribution in [1.29, 1.82) is 5.26 Å². The molecule has 1 N–H and O–H groups in total. The zero-order valence-electron chi connectivity index (χ0n) is 9.78. The van der Waals surface area contributed by atoms with Crippen LogP contribution in [0.3, 0.4) is 0 Å². The first kappa shape index (κ1) is 12.5. The summed E-state index contributed by atoms with van der Waals surface area (Å²) in [5.74, 6) is -0.934. The van der Waals surface area contributed by atoms with Gasteiger partial charge >= 0.3 is 0 Å². The Hall–Kier alpha value is -1.93. The molecule has 4 nitrogen and oxygen atoms in total. The van der Waals surface area contributed by atoms with Crippen molar-refractivity contribution in [3.63, 3.8) is 0 Å². The zero-order chi connectivity index (χ0) is 13.0. The third kappa shape index (κ3) is 2.66. The average molecular weight is 248 g/mol. The van der Waals surface area contributed by atoms with E-state index in [9.17, 15) is 9.18 Å². The van der Waals surface area contributed by atoms with Crippen LogP contribution >= 0.6 is 0 Å². The molecule has 0 atom stereocenters. The van der Waals surface area contributed by atoms with E-state index < -0.39 is 5.82 Å². The van der Waals surface area contributed by atoms with E-state index in [2.05, 4.69) is 5.32 Å². The highest BCUT2D eigenvalue weighted by atomic mass is 19.1. The van der Waals surface area contributed by atoms with Crippen molar-refractivity contribution in [2.75, 3.05) is 18.5 Å². The predicted octanol–water partition coefficient (Wildman–Crippen LogP) is 2.06. The Balaban J connectivity index is 2.12. The summed E-state index contributed by atoms with van der Waals surface area (Å²) in [5.41, 5.74) is 0.104. The Morgan fingerprint density at radius 1 is 1.44 bits per heavy atom. The number of hydrogen-bond acceptors (Lipinski definition) is 3. The van der Waals surface area contributed by atoms with Gasteiger partial charge in [-0.2, -0.15) is 5.26 Å². The molecule has 1 amide bonds. The van der Waals surface area contributed by atoms with Crippen molar-refractivity contribution < 1.29 is 13.9 Å². The van der Waals surface area contributed by atoms with E-state index in [1.807, 2.05) is 0 Å². The molecule has 1 aromatic rings. The van der Waals surface area contributed by atoms with Crippen LogP contribution in [0.5, 0.6) is 0 Å². The number of anilines is 1. The first-order valence-corrected chi connectivity index (χ1v) is 5.79. The molecule has 94 valence electrons. The summed E-state index contributed by atoms with van der Waals surface area (Å²) in [6, 6.07) is 5.95. The number of amides is 1. The molecule has 0 saturated carbocycles. The summed E-state index contributed by atoms with van der Waals surface area (Å²) in [6.07, 6.45) is 1.31. The Kier molecular flexibility index (Phi) is 3.90. The van der Waals surface area contributed by atoms with E-state index in [4.69, 9.17) is 10.00 Å². The maximum absolute atomic E-state index is 13.3. The van der Waals surface area contributed by atoms with Crippen LogP contribution < -0.4 is 5.32 Å². The fraction of sp³-hybridized carbons (Fsp3) is 0.385. The van der Waals surface area contributed by atoms with Gasteiger partial charge in [-0.3, -0.25) is 4.79 Å². The highest BCUT2D eigenvalue weighted by Crippen LogP contribution is 2.21. The third-order valence-corrected chi connectivity index (χ3v) is 2.98. The number of hydrogen-bond donors (Lipinski definition) is 1. The van der Waals surface area contributed by atoms with Crippen molar-refractivity contribution in [2.24, 2.45) is 5.92 Å². The maximum Gasteiger partial charge on any atom is 0.227 e. The Labute approximate surface area is 104 Å². The minimum atomic E-state index is -0.623. The fourth-order valence-electron chi connectivity index (χ4n) is 1.94. The van der Waals surface area contributed by atoms with E-state index >= 15 is 0 Å². The smallest absolute Gasteiger partial charge is 0.227 e. The van der Waals surface area contributed by atoms with E-state index in [0.717, 1.165) is 0 Å². The molecule has 1 heterocycles. The summed E-state index contributed by atoms with van der Waals surface area (Å²) in [6.45, 7) is 1.12. The van der Waals surface area contributed by atoms with Crippen molar-refractivity contribution in [3.05, 3.63) is 29.6 Å². The van der Waals surface area contributed by atoms with Gasteiger partial charge in [0, 0.05) is 19.1 Å². The molecule has 0 bridgehead atoms. The molecule has 0 aliphatic carbocycles. The van der Waals surface area contributed by atoms with Gasteiger partial charge in [-0.1, -0.05) is 6.07 Å². The first-order chi connectivity index (χ1) is 8.72. The van der Waals surface area contributed by atoms with Gasteiger partial charge in [-0.15, -0.1) is 0 Å². The number of nitrogens with zero attached hydrogens (tertiary/aromatic N) is 1. The summed E-state index contributed by atoms with van der Waals surface area (Å²) in [7, 11) is 0. The monoisotopic (exact) mass is 248 g/mol. The van der Waals surface area contributed by atoms with Crippen molar-refractivity contribution in [2.45, 2.75) is 12.8 Å². The Morgan fingerprint density at radius 3 is 2.83 bits per heavy atom. The van der Waals surface area contributed by atoms with Gasteiger partial charge in [-0.05, 0) is 25.0 Å². The van der Waals surface area contributed by atoms with Crippen LogP contribution in [0, 0.1) is 23.1 Å². The number of nitriles is 1. The lowest BCUT2D eigenvalue weighted by Gasteiger charge is -2.21. The summed E-state index contributed by atoms with van der Waals surface area (Å²) >= 11 is 0. The topological polar surface area (TPSA) is 62.1 Å². The highest BCUT2D eigenvalue weighted by molar-refractivity contribution is 5.93. The molecular formula is C13H13FN2O2. The van der Waals surface area contributed by atoms with Gasteiger partial charge in [0.2, 0.25) is 5.91 Å². The molecule has 1 aliphatic rings. The van der Waals surface area contributed by atoms with Crippen LogP contribution in [-0.4, -0.2) is 19.1 Å². The van der Waals surface area contributed by atoms with E-state index in [1.165, 1.54) is 18.2 Å². The number of rotatable bonds is 2. The number of nitrogens with one attached hydrogen (secondary N) is 1. The zero-order valence-corrected chi connectivity index (χ0v) is 9.78. The SMILES string of the molecule is N#Cc1c(F)cccc1NC(=O)C1CCOCC1. The lowest BCUT2D eigenvalue weighted by molar-refractivity contribution is -0.122. The number of halogens is 1. The fourth-order valence-corrected chi connectivity index (χ4v) is 1.94. The largest absolute Gasteiger partial charge is 0.381 e. The third-order valence-electron chi connectivity index (χ3n) is 2.98. The Morgan fingerprint density at radius 2 is 2.17 bits per heavy atom. The second-order valence-corrected chi connectivity index (χ2v) is 4.15. The molecule has 0 unspecified atom stereocenters. The van der Waals surface area contributed by atoms with Gasteiger partial charge in [0.15, 0.2) is 0 Å². The molecule has 2 rings (SSSR count). The van der Waals surface area contributed by atoms with E-state index in [0.29, 0.717) is 26.1 Å². The normalized spacial score (nSPS) is 16.0. The number of carbonyl (C=O) groups is 1. The van der Waals surface area contributed by atoms with Crippen LogP contribution in [0.4, 0.5) is 10.1 Å². The van der Waals surface area contributed by atoms with Crippen LogP contribution in [0.1, 0.15) is 18.4 Å². The second-order valence-electron chi connectivity index (χ2n) is 4.15. The average Bonchev–Trinajstić information content (AvgIpc) is 2.40. The molecule has 18 heavy (non-hydrogen) atoms. The predicted molar refractivity (Wildman–Crippen MR) is 63.3 cm³/mol. The lowest BCUT2D eigenvalue weighted by Crippen LogP contribution is -2.28. The second kappa shape index (κ2) is 5.61. The lowest BCUT2D eigenvalue weighted by atomic mass is 9.99. The number of benzene rings is 1. The van der Waals surface area contributed by atoms with Crippen molar-refractivity contribution >= 4 is 11.6 Å². The molecule has 0 spiro atoms. The van der Waals surface area contributed by atoms with Crippen LogP contribution in [0.2, 0.25) is 0 Å².